The van der Waals surface area contributed by atoms with Crippen LogP contribution in [0.4, 0.5) is 0 Å². The van der Waals surface area contributed by atoms with Crippen molar-refractivity contribution in [2.24, 2.45) is 17.3 Å². The molecule has 0 heterocycles. The van der Waals surface area contributed by atoms with E-state index in [1.54, 1.807) is 5.41 Å². The lowest BCUT2D eigenvalue weighted by Crippen LogP contribution is -2.39. The molecule has 118 valence electrons. The number of esters is 2. The standard InChI is InChI=1S/C15H22O5S/c1-9(2)12-7-15(13(17)19-4,14(18)20-5)6-11(12)8-21-10(3)16/h8-9,12H,6-7H2,1-5H3/b11-8-. The molecule has 0 aliphatic heterocycles. The van der Waals surface area contributed by atoms with Crippen LogP contribution in [0, 0.1) is 17.3 Å². The number of allylic oxidation sites excluding steroid dienone is 1. The van der Waals surface area contributed by atoms with Gasteiger partial charge in [0.2, 0.25) is 0 Å². The molecule has 0 aromatic carbocycles. The van der Waals surface area contributed by atoms with Gasteiger partial charge in [-0.1, -0.05) is 31.2 Å². The molecule has 6 heteroatoms. The minimum Gasteiger partial charge on any atom is -0.468 e. The molecule has 0 radical (unpaired) electrons. The van der Waals surface area contributed by atoms with E-state index in [9.17, 15) is 14.4 Å². The van der Waals surface area contributed by atoms with Crippen LogP contribution in [-0.4, -0.2) is 31.3 Å². The summed E-state index contributed by atoms with van der Waals surface area (Å²) in [7, 11) is 2.53. The lowest BCUT2D eigenvalue weighted by molar-refractivity contribution is -0.168. The van der Waals surface area contributed by atoms with Crippen molar-refractivity contribution in [2.75, 3.05) is 14.2 Å². The number of rotatable bonds is 4. The molecule has 21 heavy (non-hydrogen) atoms. The fourth-order valence-electron chi connectivity index (χ4n) is 2.79. The van der Waals surface area contributed by atoms with Crippen LogP contribution in [-0.2, 0) is 23.9 Å². The van der Waals surface area contributed by atoms with Crippen LogP contribution in [0.25, 0.3) is 0 Å². The SMILES string of the molecule is COC(=O)C1(C(=O)OC)C/C(=C/SC(C)=O)C(C(C)C)C1. The molecule has 0 aromatic rings. The van der Waals surface area contributed by atoms with Gasteiger partial charge in [0, 0.05) is 6.92 Å². The highest BCUT2D eigenvalue weighted by atomic mass is 32.2. The summed E-state index contributed by atoms with van der Waals surface area (Å²) in [5.74, 6) is -0.845. The molecule has 0 aromatic heterocycles. The number of methoxy groups -OCH3 is 2. The Morgan fingerprint density at radius 3 is 2.14 bits per heavy atom. The number of carbonyl (C=O) groups excluding carboxylic acids is 3. The predicted octanol–water partition coefficient (Wildman–Crippen LogP) is 2.55. The van der Waals surface area contributed by atoms with Crippen LogP contribution >= 0.6 is 11.8 Å². The molecule has 0 N–H and O–H groups in total. The summed E-state index contributed by atoms with van der Waals surface area (Å²) < 4.78 is 9.64. The van der Waals surface area contributed by atoms with Gasteiger partial charge in [-0.2, -0.15) is 0 Å². The van der Waals surface area contributed by atoms with Gasteiger partial charge in [-0.05, 0) is 30.1 Å². The highest BCUT2D eigenvalue weighted by Gasteiger charge is 2.55. The van der Waals surface area contributed by atoms with E-state index in [-0.39, 0.29) is 23.4 Å². The van der Waals surface area contributed by atoms with Gasteiger partial charge in [0.05, 0.1) is 14.2 Å². The Bertz CT molecular complexity index is 451. The highest BCUT2D eigenvalue weighted by Crippen LogP contribution is 2.50. The van der Waals surface area contributed by atoms with Crippen LogP contribution in [0.3, 0.4) is 0 Å². The molecular formula is C15H22O5S. The van der Waals surface area contributed by atoms with E-state index in [1.807, 2.05) is 13.8 Å². The van der Waals surface area contributed by atoms with Gasteiger partial charge >= 0.3 is 11.9 Å². The molecule has 1 unspecified atom stereocenters. The fourth-order valence-corrected chi connectivity index (χ4v) is 3.37. The Morgan fingerprint density at radius 1 is 1.24 bits per heavy atom. The molecule has 0 amide bonds. The second-order valence-electron chi connectivity index (χ2n) is 5.60. The van der Waals surface area contributed by atoms with Gasteiger partial charge in [-0.25, -0.2) is 0 Å². The molecule has 0 saturated heterocycles. The normalized spacial score (nSPS) is 22.4. The number of hydrogen-bond donors (Lipinski definition) is 0. The summed E-state index contributed by atoms with van der Waals surface area (Å²) >= 11 is 1.08. The van der Waals surface area contributed by atoms with Crippen molar-refractivity contribution in [3.05, 3.63) is 11.0 Å². The second-order valence-corrected chi connectivity index (χ2v) is 6.65. The highest BCUT2D eigenvalue weighted by molar-refractivity contribution is 8.16. The van der Waals surface area contributed by atoms with E-state index in [2.05, 4.69) is 0 Å². The molecule has 1 aliphatic rings. The first kappa shape index (κ1) is 17.8. The van der Waals surface area contributed by atoms with Gasteiger partial charge < -0.3 is 9.47 Å². The molecule has 0 spiro atoms. The Labute approximate surface area is 129 Å². The lowest BCUT2D eigenvalue weighted by Gasteiger charge is -2.23. The van der Waals surface area contributed by atoms with E-state index in [0.29, 0.717) is 6.42 Å². The summed E-state index contributed by atoms with van der Waals surface area (Å²) in [6, 6.07) is 0. The summed E-state index contributed by atoms with van der Waals surface area (Å²) in [6.45, 7) is 5.54. The van der Waals surface area contributed by atoms with Gasteiger partial charge in [0.15, 0.2) is 10.5 Å². The molecule has 0 bridgehead atoms. The van der Waals surface area contributed by atoms with Crippen LogP contribution in [0.2, 0.25) is 0 Å². The molecule has 1 aliphatic carbocycles. The second kappa shape index (κ2) is 7.11. The van der Waals surface area contributed by atoms with Crippen molar-refractivity contribution < 1.29 is 23.9 Å². The first-order valence-electron chi connectivity index (χ1n) is 6.81. The van der Waals surface area contributed by atoms with Crippen molar-refractivity contribution in [1.82, 2.24) is 0 Å². The average molecular weight is 314 g/mol. The molecular weight excluding hydrogens is 292 g/mol. The number of thioether (sulfide) groups is 1. The van der Waals surface area contributed by atoms with Crippen molar-refractivity contribution in [3.8, 4) is 0 Å². The maximum absolute atomic E-state index is 12.2. The summed E-state index contributed by atoms with van der Waals surface area (Å²) in [5.41, 5.74) is -0.359. The van der Waals surface area contributed by atoms with E-state index in [1.165, 1.54) is 21.1 Å². The maximum atomic E-state index is 12.2. The van der Waals surface area contributed by atoms with Crippen molar-refractivity contribution in [2.45, 2.75) is 33.6 Å². The average Bonchev–Trinajstić information content (AvgIpc) is 2.84. The van der Waals surface area contributed by atoms with Crippen LogP contribution in [0.5, 0.6) is 0 Å². The van der Waals surface area contributed by atoms with Crippen molar-refractivity contribution in [1.29, 1.82) is 0 Å². The van der Waals surface area contributed by atoms with Gasteiger partial charge in [0.25, 0.3) is 0 Å². The zero-order chi connectivity index (χ0) is 16.2. The van der Waals surface area contributed by atoms with Crippen molar-refractivity contribution in [3.63, 3.8) is 0 Å². The Kier molecular flexibility index (Phi) is 6.01. The molecule has 1 fully saturated rings. The monoisotopic (exact) mass is 314 g/mol. The first-order chi connectivity index (χ1) is 9.78. The summed E-state index contributed by atoms with van der Waals surface area (Å²) in [5, 5.41) is 1.74. The smallest absolute Gasteiger partial charge is 0.323 e. The lowest BCUT2D eigenvalue weighted by atomic mass is 9.83. The molecule has 1 atom stereocenters. The molecule has 1 rings (SSSR count). The van der Waals surface area contributed by atoms with E-state index in [0.717, 1.165) is 17.3 Å². The zero-order valence-electron chi connectivity index (χ0n) is 13.1. The number of ether oxygens (including phenoxy) is 2. The van der Waals surface area contributed by atoms with Crippen LogP contribution < -0.4 is 0 Å². The number of carbonyl (C=O) groups is 3. The third kappa shape index (κ3) is 3.67. The Morgan fingerprint density at radius 2 is 1.76 bits per heavy atom. The van der Waals surface area contributed by atoms with Crippen LogP contribution in [0.1, 0.15) is 33.6 Å². The Hall–Kier alpha value is -1.30. The van der Waals surface area contributed by atoms with Gasteiger partial charge in [0.1, 0.15) is 0 Å². The fraction of sp³-hybridized carbons (Fsp3) is 0.667. The van der Waals surface area contributed by atoms with Crippen LogP contribution in [0.15, 0.2) is 11.0 Å². The number of hydrogen-bond acceptors (Lipinski definition) is 6. The van der Waals surface area contributed by atoms with E-state index in [4.69, 9.17) is 9.47 Å². The topological polar surface area (TPSA) is 69.7 Å². The summed E-state index contributed by atoms with van der Waals surface area (Å²) in [6.07, 6.45) is 0.601. The predicted molar refractivity (Wildman–Crippen MR) is 80.4 cm³/mol. The largest absolute Gasteiger partial charge is 0.468 e. The Balaban J connectivity index is 3.20. The summed E-state index contributed by atoms with van der Waals surface area (Å²) in [4.78, 5) is 35.5. The first-order valence-corrected chi connectivity index (χ1v) is 7.69. The molecule has 1 saturated carbocycles. The molecule has 5 nitrogen and oxygen atoms in total. The third-order valence-corrected chi connectivity index (χ3v) is 4.64. The van der Waals surface area contributed by atoms with Gasteiger partial charge in [-0.15, -0.1) is 0 Å². The quantitative estimate of drug-likeness (QED) is 0.587. The van der Waals surface area contributed by atoms with Crippen molar-refractivity contribution >= 4 is 28.8 Å². The maximum Gasteiger partial charge on any atom is 0.323 e. The van der Waals surface area contributed by atoms with Gasteiger partial charge in [-0.3, -0.25) is 14.4 Å². The third-order valence-electron chi connectivity index (χ3n) is 3.88. The minimum atomic E-state index is -1.29. The minimum absolute atomic E-state index is 0.0290. The zero-order valence-corrected chi connectivity index (χ0v) is 13.9. The van der Waals surface area contributed by atoms with E-state index >= 15 is 0 Å². The van der Waals surface area contributed by atoms with E-state index < -0.39 is 17.4 Å².